The fraction of sp³-hybridized carbons (Fsp3) is 0. The molecule has 0 unspecified atom stereocenters. The summed E-state index contributed by atoms with van der Waals surface area (Å²) >= 11 is 4.71. The molecule has 0 atom stereocenters. The fourth-order valence-corrected chi connectivity index (χ4v) is 2.91. The van der Waals surface area contributed by atoms with E-state index in [1.165, 1.54) is 17.4 Å². The Balaban J connectivity index is 2.34. The topological polar surface area (TPSA) is 25.8 Å². The molecule has 2 nitrogen and oxygen atoms in total. The quantitative estimate of drug-likeness (QED) is 0.671. The van der Waals surface area contributed by atoms with Gasteiger partial charge in [-0.05, 0) is 33.4 Å². The predicted octanol–water partition coefficient (Wildman–Crippen LogP) is 4.26. The van der Waals surface area contributed by atoms with Crippen molar-refractivity contribution in [3.05, 3.63) is 46.1 Å². The van der Waals surface area contributed by atoms with Crippen LogP contribution < -0.4 is 0 Å². The zero-order valence-corrected chi connectivity index (χ0v) is 10.9. The Bertz CT molecular complexity index is 696. The molecular weight excluding hydrogens is 303 g/mol. The van der Waals surface area contributed by atoms with E-state index in [0.29, 0.717) is 5.39 Å². The van der Waals surface area contributed by atoms with E-state index in [0.717, 1.165) is 19.9 Å². The van der Waals surface area contributed by atoms with Crippen LogP contribution in [0.2, 0.25) is 0 Å². The van der Waals surface area contributed by atoms with Crippen molar-refractivity contribution in [2.75, 3.05) is 0 Å². The maximum absolute atomic E-state index is 13.6. The molecule has 5 heteroatoms. The van der Waals surface area contributed by atoms with Crippen LogP contribution in [0.3, 0.4) is 0 Å². The highest BCUT2D eigenvalue weighted by atomic mass is 79.9. The second-order valence-corrected chi connectivity index (χ2v) is 5.75. The molecule has 0 N–H and O–H groups in total. The number of halogens is 2. The standard InChI is InChI=1S/C12H6BrFN2S/c13-12-16-15-11(17-12)9-5-6-10(14)8-4-2-1-3-7(8)9/h1-6H. The second kappa shape index (κ2) is 4.16. The van der Waals surface area contributed by atoms with E-state index in [2.05, 4.69) is 26.1 Å². The van der Waals surface area contributed by atoms with E-state index >= 15 is 0 Å². The van der Waals surface area contributed by atoms with Gasteiger partial charge in [0.2, 0.25) is 0 Å². The molecular formula is C12H6BrFN2S. The second-order valence-electron chi connectivity index (χ2n) is 3.50. The summed E-state index contributed by atoms with van der Waals surface area (Å²) in [5.74, 6) is -0.215. The molecule has 0 saturated carbocycles. The minimum absolute atomic E-state index is 0.215. The lowest BCUT2D eigenvalue weighted by Crippen LogP contribution is -1.84. The van der Waals surface area contributed by atoms with Gasteiger partial charge in [0.15, 0.2) is 3.92 Å². The van der Waals surface area contributed by atoms with E-state index in [1.807, 2.05) is 18.2 Å². The zero-order chi connectivity index (χ0) is 11.8. The Hall–Kier alpha value is -1.33. The number of nitrogens with zero attached hydrogens (tertiary/aromatic N) is 2. The lowest BCUT2D eigenvalue weighted by molar-refractivity contribution is 0.640. The summed E-state index contributed by atoms with van der Waals surface area (Å²) in [7, 11) is 0. The van der Waals surface area contributed by atoms with Gasteiger partial charge in [0.05, 0.1) is 0 Å². The Morgan fingerprint density at radius 3 is 2.47 bits per heavy atom. The number of rotatable bonds is 1. The Morgan fingerprint density at radius 1 is 1.00 bits per heavy atom. The molecule has 2 aromatic carbocycles. The van der Waals surface area contributed by atoms with Crippen molar-refractivity contribution < 1.29 is 4.39 Å². The van der Waals surface area contributed by atoms with Gasteiger partial charge in [0.25, 0.3) is 0 Å². The van der Waals surface area contributed by atoms with Crippen LogP contribution in [-0.4, -0.2) is 10.2 Å². The van der Waals surface area contributed by atoms with Crippen LogP contribution in [0, 0.1) is 5.82 Å². The monoisotopic (exact) mass is 308 g/mol. The van der Waals surface area contributed by atoms with Crippen molar-refractivity contribution in [1.29, 1.82) is 0 Å². The number of fused-ring (bicyclic) bond motifs is 1. The molecule has 0 spiro atoms. The van der Waals surface area contributed by atoms with Crippen LogP contribution in [0.25, 0.3) is 21.3 Å². The third kappa shape index (κ3) is 1.85. The molecule has 0 bridgehead atoms. The molecule has 0 saturated heterocycles. The van der Waals surface area contributed by atoms with Gasteiger partial charge < -0.3 is 0 Å². The largest absolute Gasteiger partial charge is 0.206 e. The molecule has 17 heavy (non-hydrogen) atoms. The normalized spacial score (nSPS) is 10.9. The summed E-state index contributed by atoms with van der Waals surface area (Å²) in [4.78, 5) is 0. The van der Waals surface area contributed by atoms with Gasteiger partial charge in [-0.15, -0.1) is 10.2 Å². The molecule has 0 aliphatic heterocycles. The summed E-state index contributed by atoms with van der Waals surface area (Å²) in [5.41, 5.74) is 0.908. The SMILES string of the molecule is Fc1ccc(-c2nnc(Br)s2)c2ccccc12. The van der Waals surface area contributed by atoms with Gasteiger partial charge in [0, 0.05) is 10.9 Å². The van der Waals surface area contributed by atoms with Crippen molar-refractivity contribution >= 4 is 38.0 Å². The zero-order valence-electron chi connectivity index (χ0n) is 8.52. The lowest BCUT2D eigenvalue weighted by atomic mass is 10.0. The Morgan fingerprint density at radius 2 is 1.76 bits per heavy atom. The maximum atomic E-state index is 13.6. The van der Waals surface area contributed by atoms with Gasteiger partial charge in [-0.3, -0.25) is 0 Å². The van der Waals surface area contributed by atoms with E-state index in [-0.39, 0.29) is 5.82 Å². The highest BCUT2D eigenvalue weighted by Gasteiger charge is 2.10. The van der Waals surface area contributed by atoms with Gasteiger partial charge in [-0.25, -0.2) is 4.39 Å². The molecule has 0 amide bonds. The minimum Gasteiger partial charge on any atom is -0.206 e. The van der Waals surface area contributed by atoms with E-state index in [4.69, 9.17) is 0 Å². The summed E-state index contributed by atoms with van der Waals surface area (Å²) in [6.45, 7) is 0. The summed E-state index contributed by atoms with van der Waals surface area (Å²) in [5, 5.41) is 10.2. The van der Waals surface area contributed by atoms with E-state index in [1.54, 1.807) is 12.1 Å². The predicted molar refractivity (Wildman–Crippen MR) is 70.5 cm³/mol. The Labute approximate surface area is 109 Å². The van der Waals surface area contributed by atoms with Crippen molar-refractivity contribution in [1.82, 2.24) is 10.2 Å². The van der Waals surface area contributed by atoms with Crippen LogP contribution in [0.15, 0.2) is 40.3 Å². The number of aromatic nitrogens is 2. The van der Waals surface area contributed by atoms with Crippen LogP contribution in [0.1, 0.15) is 0 Å². The lowest BCUT2D eigenvalue weighted by Gasteiger charge is -2.03. The molecule has 0 radical (unpaired) electrons. The van der Waals surface area contributed by atoms with Crippen molar-refractivity contribution in [3.63, 3.8) is 0 Å². The molecule has 0 aliphatic carbocycles. The number of benzene rings is 2. The van der Waals surface area contributed by atoms with Gasteiger partial charge in [-0.1, -0.05) is 35.6 Å². The highest BCUT2D eigenvalue weighted by molar-refractivity contribution is 9.11. The Kier molecular flexibility index (Phi) is 2.64. The molecule has 84 valence electrons. The number of hydrogen-bond donors (Lipinski definition) is 0. The number of hydrogen-bond acceptors (Lipinski definition) is 3. The van der Waals surface area contributed by atoms with Crippen molar-refractivity contribution in [3.8, 4) is 10.6 Å². The first kappa shape index (κ1) is 10.8. The third-order valence-electron chi connectivity index (χ3n) is 2.50. The smallest absolute Gasteiger partial charge is 0.183 e. The van der Waals surface area contributed by atoms with Crippen LogP contribution in [-0.2, 0) is 0 Å². The summed E-state index contributed by atoms with van der Waals surface area (Å²) in [6.07, 6.45) is 0. The molecule has 0 aliphatic rings. The first-order valence-corrected chi connectivity index (χ1v) is 6.53. The first-order chi connectivity index (χ1) is 8.25. The summed E-state index contributed by atoms with van der Waals surface area (Å²) < 4.78 is 14.4. The van der Waals surface area contributed by atoms with E-state index in [9.17, 15) is 4.39 Å². The molecule has 3 rings (SSSR count). The van der Waals surface area contributed by atoms with Crippen LogP contribution in [0.4, 0.5) is 4.39 Å². The van der Waals surface area contributed by atoms with Crippen molar-refractivity contribution in [2.45, 2.75) is 0 Å². The van der Waals surface area contributed by atoms with Crippen LogP contribution in [0.5, 0.6) is 0 Å². The average molecular weight is 309 g/mol. The minimum atomic E-state index is -0.215. The summed E-state index contributed by atoms with van der Waals surface area (Å²) in [6, 6.07) is 10.6. The van der Waals surface area contributed by atoms with Gasteiger partial charge in [0.1, 0.15) is 10.8 Å². The average Bonchev–Trinajstić information content (AvgIpc) is 2.77. The van der Waals surface area contributed by atoms with Crippen molar-refractivity contribution in [2.24, 2.45) is 0 Å². The molecule has 3 aromatic rings. The van der Waals surface area contributed by atoms with E-state index < -0.39 is 0 Å². The van der Waals surface area contributed by atoms with Gasteiger partial charge in [-0.2, -0.15) is 0 Å². The maximum Gasteiger partial charge on any atom is 0.183 e. The molecule has 1 aromatic heterocycles. The highest BCUT2D eigenvalue weighted by Crippen LogP contribution is 2.33. The van der Waals surface area contributed by atoms with Crippen LogP contribution >= 0.6 is 27.3 Å². The van der Waals surface area contributed by atoms with Gasteiger partial charge >= 0.3 is 0 Å². The first-order valence-electron chi connectivity index (χ1n) is 4.92. The molecule has 0 fully saturated rings. The third-order valence-corrected chi connectivity index (χ3v) is 3.89. The molecule has 1 heterocycles. The fourth-order valence-electron chi connectivity index (χ4n) is 1.76.